The van der Waals surface area contributed by atoms with Crippen molar-refractivity contribution >= 4 is 17.3 Å². The van der Waals surface area contributed by atoms with Crippen molar-refractivity contribution in [2.24, 2.45) is 11.7 Å². The first-order valence-corrected chi connectivity index (χ1v) is 5.85. The van der Waals surface area contributed by atoms with E-state index in [2.05, 4.69) is 5.32 Å². The quantitative estimate of drug-likeness (QED) is 0.425. The van der Waals surface area contributed by atoms with Crippen LogP contribution in [0.4, 0.5) is 11.4 Å². The van der Waals surface area contributed by atoms with Crippen LogP contribution in [-0.2, 0) is 4.79 Å². The summed E-state index contributed by atoms with van der Waals surface area (Å²) in [6.45, 7) is 3.85. The smallest absolute Gasteiger partial charge is 0.296 e. The Bertz CT molecular complexity index is 488. The van der Waals surface area contributed by atoms with Gasteiger partial charge in [0, 0.05) is 0 Å². The Morgan fingerprint density at radius 3 is 2.68 bits per heavy atom. The van der Waals surface area contributed by atoms with Gasteiger partial charge in [0.25, 0.3) is 5.69 Å². The number of rotatable bonds is 5. The fourth-order valence-corrected chi connectivity index (χ4v) is 1.62. The van der Waals surface area contributed by atoms with Gasteiger partial charge in [-0.05, 0) is 24.5 Å². The highest BCUT2D eigenvalue weighted by Gasteiger charge is 2.20. The average Bonchev–Trinajstić information content (AvgIpc) is 2.30. The van der Waals surface area contributed by atoms with Crippen LogP contribution in [0.2, 0.25) is 0 Å². The Kier molecular flexibility index (Phi) is 4.82. The molecule has 0 saturated carbocycles. The van der Waals surface area contributed by atoms with E-state index < -0.39 is 16.9 Å². The van der Waals surface area contributed by atoms with E-state index in [4.69, 9.17) is 5.73 Å². The van der Waals surface area contributed by atoms with E-state index in [1.807, 2.05) is 13.8 Å². The van der Waals surface area contributed by atoms with Crippen molar-refractivity contribution in [2.75, 3.05) is 5.32 Å². The molecule has 0 heterocycles. The van der Waals surface area contributed by atoms with Gasteiger partial charge in [0.05, 0.1) is 17.0 Å². The summed E-state index contributed by atoms with van der Waals surface area (Å²) in [5.74, 6) is -0.478. The van der Waals surface area contributed by atoms with E-state index in [0.29, 0.717) is 6.42 Å². The van der Waals surface area contributed by atoms with E-state index in [0.717, 1.165) is 6.07 Å². The monoisotopic (exact) mass is 267 g/mol. The number of nitro groups is 1. The lowest BCUT2D eigenvalue weighted by molar-refractivity contribution is -0.384. The predicted molar refractivity (Wildman–Crippen MR) is 70.8 cm³/mol. The number of nitrogens with zero attached hydrogens (tertiary/aromatic N) is 1. The minimum absolute atomic E-state index is 0.0204. The molecule has 0 aliphatic heterocycles. The molecule has 0 spiro atoms. The first kappa shape index (κ1) is 14.9. The lowest BCUT2D eigenvalue weighted by atomic mass is 10.0. The molecule has 0 radical (unpaired) electrons. The van der Waals surface area contributed by atoms with E-state index >= 15 is 0 Å². The summed E-state index contributed by atoms with van der Waals surface area (Å²) in [4.78, 5) is 21.9. The molecule has 1 aromatic carbocycles. The fraction of sp³-hybridized carbons (Fsp3) is 0.417. The second kappa shape index (κ2) is 6.14. The number of nitrogens with two attached hydrogens (primary N) is 1. The third kappa shape index (κ3) is 4.22. The van der Waals surface area contributed by atoms with Crippen LogP contribution in [0.5, 0.6) is 5.75 Å². The van der Waals surface area contributed by atoms with Gasteiger partial charge in [-0.1, -0.05) is 13.8 Å². The molecule has 104 valence electrons. The van der Waals surface area contributed by atoms with E-state index in [1.165, 1.54) is 12.1 Å². The molecular weight excluding hydrogens is 250 g/mol. The zero-order chi connectivity index (χ0) is 14.6. The zero-order valence-electron chi connectivity index (χ0n) is 10.8. The van der Waals surface area contributed by atoms with E-state index in [1.54, 1.807) is 0 Å². The summed E-state index contributed by atoms with van der Waals surface area (Å²) in [5, 5.41) is 22.4. The molecule has 19 heavy (non-hydrogen) atoms. The van der Waals surface area contributed by atoms with Crippen molar-refractivity contribution < 1.29 is 14.8 Å². The van der Waals surface area contributed by atoms with Crippen LogP contribution in [0.1, 0.15) is 20.3 Å². The predicted octanol–water partition coefficient (Wildman–Crippen LogP) is 1.61. The number of phenols is 1. The number of benzene rings is 1. The van der Waals surface area contributed by atoms with Crippen molar-refractivity contribution in [3.05, 3.63) is 28.3 Å². The first-order chi connectivity index (χ1) is 8.81. The molecule has 7 nitrogen and oxygen atoms in total. The van der Waals surface area contributed by atoms with Gasteiger partial charge in [-0.3, -0.25) is 14.9 Å². The van der Waals surface area contributed by atoms with Crippen LogP contribution in [0.15, 0.2) is 18.2 Å². The minimum Gasteiger partial charge on any atom is -0.508 e. The van der Waals surface area contributed by atoms with Crippen LogP contribution in [0, 0.1) is 16.0 Å². The van der Waals surface area contributed by atoms with Gasteiger partial charge >= 0.3 is 0 Å². The number of anilines is 1. The molecule has 1 amide bonds. The molecule has 1 rings (SSSR count). The Morgan fingerprint density at radius 2 is 2.16 bits per heavy atom. The summed E-state index contributed by atoms with van der Waals surface area (Å²) in [6, 6.07) is 2.78. The number of nitro benzene ring substituents is 1. The maximum absolute atomic E-state index is 11.8. The van der Waals surface area contributed by atoms with Crippen LogP contribution < -0.4 is 11.1 Å². The second-order valence-corrected chi connectivity index (χ2v) is 4.68. The maximum Gasteiger partial charge on any atom is 0.296 e. The Balaban J connectivity index is 2.87. The van der Waals surface area contributed by atoms with Gasteiger partial charge in [-0.15, -0.1) is 0 Å². The molecule has 0 unspecified atom stereocenters. The van der Waals surface area contributed by atoms with Crippen molar-refractivity contribution in [1.29, 1.82) is 0 Å². The molecule has 0 aliphatic carbocycles. The van der Waals surface area contributed by atoms with Gasteiger partial charge in [0.1, 0.15) is 11.4 Å². The SMILES string of the molecule is CC(C)C[C@H](N)C(=O)Nc1ccc(O)cc1[N+](=O)[O-]. The van der Waals surface area contributed by atoms with Crippen LogP contribution in [0.25, 0.3) is 0 Å². The van der Waals surface area contributed by atoms with Crippen molar-refractivity contribution in [1.82, 2.24) is 0 Å². The Morgan fingerprint density at radius 1 is 1.53 bits per heavy atom. The maximum atomic E-state index is 11.8. The van der Waals surface area contributed by atoms with Crippen LogP contribution >= 0.6 is 0 Å². The van der Waals surface area contributed by atoms with Crippen molar-refractivity contribution in [3.8, 4) is 5.75 Å². The second-order valence-electron chi connectivity index (χ2n) is 4.68. The number of carbonyl (C=O) groups excluding carboxylic acids is 1. The van der Waals surface area contributed by atoms with Crippen LogP contribution in [0.3, 0.4) is 0 Å². The average molecular weight is 267 g/mol. The number of phenolic OH excluding ortho intramolecular Hbond substituents is 1. The number of nitrogens with one attached hydrogen (secondary N) is 1. The lowest BCUT2D eigenvalue weighted by Crippen LogP contribution is -2.36. The number of amides is 1. The van der Waals surface area contributed by atoms with Crippen molar-refractivity contribution in [2.45, 2.75) is 26.3 Å². The van der Waals surface area contributed by atoms with Crippen molar-refractivity contribution in [3.63, 3.8) is 0 Å². The Labute approximate surface area is 110 Å². The van der Waals surface area contributed by atoms with Gasteiger partial charge in [-0.2, -0.15) is 0 Å². The van der Waals surface area contributed by atoms with Crippen LogP contribution in [-0.4, -0.2) is 22.0 Å². The summed E-state index contributed by atoms with van der Waals surface area (Å²) >= 11 is 0. The topological polar surface area (TPSA) is 118 Å². The third-order valence-electron chi connectivity index (χ3n) is 2.50. The number of carbonyl (C=O) groups is 1. The summed E-state index contributed by atoms with van der Waals surface area (Å²) in [6.07, 6.45) is 0.484. The standard InChI is InChI=1S/C12H17N3O4/c1-7(2)5-9(13)12(17)14-10-4-3-8(16)6-11(10)15(18)19/h3-4,6-7,9,16H,5,13H2,1-2H3,(H,14,17)/t9-/m0/s1. The Hall–Kier alpha value is -2.15. The first-order valence-electron chi connectivity index (χ1n) is 5.85. The fourth-order valence-electron chi connectivity index (χ4n) is 1.62. The summed E-state index contributed by atoms with van der Waals surface area (Å²) in [5.41, 5.74) is 5.34. The molecule has 0 aliphatic rings. The molecule has 1 aromatic rings. The highest BCUT2D eigenvalue weighted by Crippen LogP contribution is 2.28. The lowest BCUT2D eigenvalue weighted by Gasteiger charge is -2.14. The number of hydrogen-bond acceptors (Lipinski definition) is 5. The molecule has 0 bridgehead atoms. The summed E-state index contributed by atoms with van der Waals surface area (Å²) < 4.78 is 0. The van der Waals surface area contributed by atoms with Gasteiger partial charge in [-0.25, -0.2) is 0 Å². The number of hydrogen-bond donors (Lipinski definition) is 3. The van der Waals surface area contributed by atoms with Gasteiger partial charge in [0.2, 0.25) is 5.91 Å². The molecule has 1 atom stereocenters. The zero-order valence-corrected chi connectivity index (χ0v) is 10.8. The highest BCUT2D eigenvalue weighted by molar-refractivity contribution is 5.96. The summed E-state index contributed by atoms with van der Waals surface area (Å²) in [7, 11) is 0. The molecule has 0 aromatic heterocycles. The molecule has 0 saturated heterocycles. The molecule has 7 heteroatoms. The van der Waals surface area contributed by atoms with Gasteiger partial charge < -0.3 is 16.2 Å². The minimum atomic E-state index is -0.728. The largest absolute Gasteiger partial charge is 0.508 e. The third-order valence-corrected chi connectivity index (χ3v) is 2.50. The molecule has 0 fully saturated rings. The molecular formula is C12H17N3O4. The normalized spacial score (nSPS) is 12.2. The number of aromatic hydroxyl groups is 1. The highest BCUT2D eigenvalue weighted by atomic mass is 16.6. The van der Waals surface area contributed by atoms with Gasteiger partial charge in [0.15, 0.2) is 0 Å². The van der Waals surface area contributed by atoms with E-state index in [9.17, 15) is 20.0 Å². The molecule has 4 N–H and O–H groups in total. The van der Waals surface area contributed by atoms with E-state index in [-0.39, 0.29) is 23.0 Å².